The molecule has 1 aromatic carbocycles. The van der Waals surface area contributed by atoms with Gasteiger partial charge in [-0.15, -0.1) is 11.3 Å². The molecule has 0 atom stereocenters. The van der Waals surface area contributed by atoms with Crippen LogP contribution in [0.4, 0.5) is 5.69 Å². The van der Waals surface area contributed by atoms with E-state index in [2.05, 4.69) is 37.4 Å². The van der Waals surface area contributed by atoms with E-state index in [0.29, 0.717) is 11.4 Å². The summed E-state index contributed by atoms with van der Waals surface area (Å²) in [5.41, 5.74) is 4.87. The number of para-hydroxylation sites is 1. The van der Waals surface area contributed by atoms with E-state index >= 15 is 0 Å². The highest BCUT2D eigenvalue weighted by Crippen LogP contribution is 2.26. The Kier molecular flexibility index (Phi) is 5.02. The van der Waals surface area contributed by atoms with Crippen LogP contribution in [0.25, 0.3) is 0 Å². The first kappa shape index (κ1) is 15.6. The summed E-state index contributed by atoms with van der Waals surface area (Å²) >= 11 is 1.34. The van der Waals surface area contributed by atoms with Crippen molar-refractivity contribution in [2.24, 2.45) is 0 Å². The summed E-state index contributed by atoms with van der Waals surface area (Å²) in [5.74, 6) is -0.849. The minimum Gasteiger partial charge on any atom is -0.477 e. The van der Waals surface area contributed by atoms with E-state index in [1.54, 1.807) is 6.07 Å². The Morgan fingerprint density at radius 2 is 1.81 bits per heavy atom. The Morgan fingerprint density at radius 3 is 2.29 bits per heavy atom. The van der Waals surface area contributed by atoms with Crippen molar-refractivity contribution >= 4 is 23.0 Å². The molecular weight excluding hydrogens is 282 g/mol. The summed E-state index contributed by atoms with van der Waals surface area (Å²) < 4.78 is 0. The Bertz CT molecular complexity index is 624. The fourth-order valence-corrected chi connectivity index (χ4v) is 3.33. The molecule has 0 radical (unpaired) electrons. The lowest BCUT2D eigenvalue weighted by Gasteiger charge is -2.15. The molecule has 0 fully saturated rings. The summed E-state index contributed by atoms with van der Waals surface area (Å²) in [5, 5.41) is 12.6. The smallest absolute Gasteiger partial charge is 0.345 e. The van der Waals surface area contributed by atoms with Crippen LogP contribution in [0.1, 0.15) is 45.1 Å². The number of hydrogen-bond donors (Lipinski definition) is 2. The summed E-state index contributed by atoms with van der Waals surface area (Å²) in [7, 11) is 0. The Morgan fingerprint density at radius 1 is 1.19 bits per heavy atom. The lowest BCUT2D eigenvalue weighted by atomic mass is 10.0. The number of carbonyl (C=O) groups is 1. The lowest BCUT2D eigenvalue weighted by molar-refractivity contribution is 0.0702. The SMILES string of the molecule is CCc1cccc(CC)c1NCc1cc(C(=O)O)sc1C. The molecule has 0 amide bonds. The van der Waals surface area contributed by atoms with E-state index in [0.717, 1.165) is 23.3 Å². The molecule has 0 aliphatic heterocycles. The molecule has 0 bridgehead atoms. The maximum atomic E-state index is 11.0. The van der Waals surface area contributed by atoms with E-state index in [1.807, 2.05) is 6.92 Å². The first-order valence-electron chi connectivity index (χ1n) is 7.24. The number of aryl methyl sites for hydroxylation is 3. The minimum absolute atomic E-state index is 0.406. The highest BCUT2D eigenvalue weighted by molar-refractivity contribution is 7.14. The number of thiophene rings is 1. The molecule has 2 rings (SSSR count). The molecule has 0 saturated heterocycles. The van der Waals surface area contributed by atoms with E-state index in [1.165, 1.54) is 28.2 Å². The monoisotopic (exact) mass is 303 g/mol. The van der Waals surface area contributed by atoms with Gasteiger partial charge in [-0.25, -0.2) is 4.79 Å². The molecule has 3 nitrogen and oxygen atoms in total. The lowest BCUT2D eigenvalue weighted by Crippen LogP contribution is -2.05. The molecule has 4 heteroatoms. The van der Waals surface area contributed by atoms with Crippen LogP contribution in [0.2, 0.25) is 0 Å². The van der Waals surface area contributed by atoms with Gasteiger partial charge in [0.1, 0.15) is 4.88 Å². The van der Waals surface area contributed by atoms with Crippen LogP contribution in [-0.4, -0.2) is 11.1 Å². The molecular formula is C17H21NO2S. The maximum absolute atomic E-state index is 11.0. The van der Waals surface area contributed by atoms with Gasteiger partial charge in [-0.05, 0) is 42.5 Å². The third-order valence-electron chi connectivity index (χ3n) is 3.69. The van der Waals surface area contributed by atoms with Gasteiger partial charge in [0.25, 0.3) is 0 Å². The van der Waals surface area contributed by atoms with Gasteiger partial charge in [0.05, 0.1) is 0 Å². The van der Waals surface area contributed by atoms with Crippen molar-refractivity contribution in [2.45, 2.75) is 40.2 Å². The molecule has 1 aromatic heterocycles. The van der Waals surface area contributed by atoms with Crippen LogP contribution in [0.5, 0.6) is 0 Å². The van der Waals surface area contributed by atoms with Crippen molar-refractivity contribution < 1.29 is 9.90 Å². The second-order valence-electron chi connectivity index (χ2n) is 5.01. The van der Waals surface area contributed by atoms with Gasteiger partial charge in [-0.1, -0.05) is 32.0 Å². The number of nitrogens with one attached hydrogen (secondary N) is 1. The second-order valence-corrected chi connectivity index (χ2v) is 6.27. The van der Waals surface area contributed by atoms with Crippen molar-refractivity contribution in [2.75, 3.05) is 5.32 Å². The normalized spacial score (nSPS) is 10.6. The Balaban J connectivity index is 2.22. The quantitative estimate of drug-likeness (QED) is 0.826. The summed E-state index contributed by atoms with van der Waals surface area (Å²) in [6.45, 7) is 6.94. The molecule has 2 N–H and O–H groups in total. The van der Waals surface area contributed by atoms with Crippen LogP contribution in [0, 0.1) is 6.92 Å². The molecule has 0 aliphatic rings. The predicted molar refractivity (Wildman–Crippen MR) is 88.5 cm³/mol. The van der Waals surface area contributed by atoms with E-state index < -0.39 is 5.97 Å². The number of hydrogen-bond acceptors (Lipinski definition) is 3. The van der Waals surface area contributed by atoms with Gasteiger partial charge in [-0.2, -0.15) is 0 Å². The zero-order chi connectivity index (χ0) is 15.4. The zero-order valence-corrected chi connectivity index (χ0v) is 13.5. The molecule has 112 valence electrons. The maximum Gasteiger partial charge on any atom is 0.345 e. The zero-order valence-electron chi connectivity index (χ0n) is 12.7. The Hall–Kier alpha value is -1.81. The minimum atomic E-state index is -0.849. The fraction of sp³-hybridized carbons (Fsp3) is 0.353. The van der Waals surface area contributed by atoms with Gasteiger partial charge in [0.15, 0.2) is 0 Å². The van der Waals surface area contributed by atoms with Gasteiger partial charge >= 0.3 is 5.97 Å². The molecule has 0 spiro atoms. The van der Waals surface area contributed by atoms with Crippen molar-refractivity contribution in [3.63, 3.8) is 0 Å². The topological polar surface area (TPSA) is 49.3 Å². The van der Waals surface area contributed by atoms with E-state index in [4.69, 9.17) is 5.11 Å². The number of anilines is 1. The van der Waals surface area contributed by atoms with Crippen molar-refractivity contribution in [1.29, 1.82) is 0 Å². The van der Waals surface area contributed by atoms with Gasteiger partial charge in [0, 0.05) is 17.1 Å². The molecule has 0 unspecified atom stereocenters. The number of benzene rings is 1. The summed E-state index contributed by atoms with van der Waals surface area (Å²) in [6, 6.07) is 8.16. The average molecular weight is 303 g/mol. The van der Waals surface area contributed by atoms with Crippen LogP contribution in [0.15, 0.2) is 24.3 Å². The van der Waals surface area contributed by atoms with E-state index in [9.17, 15) is 4.79 Å². The first-order chi connectivity index (χ1) is 10.1. The van der Waals surface area contributed by atoms with Crippen LogP contribution < -0.4 is 5.32 Å². The van der Waals surface area contributed by atoms with Crippen LogP contribution in [-0.2, 0) is 19.4 Å². The van der Waals surface area contributed by atoms with Crippen molar-refractivity contribution in [3.8, 4) is 0 Å². The molecule has 0 saturated carbocycles. The summed E-state index contributed by atoms with van der Waals surface area (Å²) in [4.78, 5) is 12.5. The Labute approximate surface area is 129 Å². The summed E-state index contributed by atoms with van der Waals surface area (Å²) in [6.07, 6.45) is 1.97. The number of aromatic carboxylic acids is 1. The van der Waals surface area contributed by atoms with Gasteiger partial charge in [0.2, 0.25) is 0 Å². The van der Waals surface area contributed by atoms with Gasteiger partial charge in [-0.3, -0.25) is 0 Å². The average Bonchev–Trinajstić information content (AvgIpc) is 2.86. The first-order valence-corrected chi connectivity index (χ1v) is 8.05. The molecule has 0 aliphatic carbocycles. The fourth-order valence-electron chi connectivity index (χ4n) is 2.45. The van der Waals surface area contributed by atoms with Crippen molar-refractivity contribution in [1.82, 2.24) is 0 Å². The highest BCUT2D eigenvalue weighted by Gasteiger charge is 2.12. The third-order valence-corrected chi connectivity index (χ3v) is 4.77. The van der Waals surface area contributed by atoms with E-state index in [-0.39, 0.29) is 0 Å². The predicted octanol–water partition coefficient (Wildman–Crippen LogP) is 4.49. The van der Waals surface area contributed by atoms with Crippen molar-refractivity contribution in [3.05, 3.63) is 50.7 Å². The standard InChI is InChI=1S/C17H21NO2S/c1-4-12-7-6-8-13(5-2)16(12)18-10-14-9-15(17(19)20)21-11(14)3/h6-9,18H,4-5,10H2,1-3H3,(H,19,20). The van der Waals surface area contributed by atoms with Crippen LogP contribution in [0.3, 0.4) is 0 Å². The molecule has 2 aromatic rings. The number of carboxylic acid groups (broad SMARTS) is 1. The second kappa shape index (κ2) is 6.76. The number of carboxylic acids is 1. The number of rotatable bonds is 6. The molecule has 21 heavy (non-hydrogen) atoms. The van der Waals surface area contributed by atoms with Gasteiger partial charge < -0.3 is 10.4 Å². The molecule has 1 heterocycles. The highest BCUT2D eigenvalue weighted by atomic mass is 32.1. The van der Waals surface area contributed by atoms with Crippen LogP contribution >= 0.6 is 11.3 Å². The largest absolute Gasteiger partial charge is 0.477 e. The third kappa shape index (κ3) is 3.45.